The fourth-order valence-electron chi connectivity index (χ4n) is 1.94. The van der Waals surface area contributed by atoms with Crippen molar-refractivity contribution in [1.29, 1.82) is 0 Å². The minimum atomic E-state index is -4.37. The topological polar surface area (TPSA) is 49.4 Å². The molecule has 0 aliphatic rings. The van der Waals surface area contributed by atoms with Crippen molar-refractivity contribution in [3.05, 3.63) is 29.8 Å². The van der Waals surface area contributed by atoms with E-state index in [9.17, 15) is 22.8 Å². The zero-order valence-electron chi connectivity index (χ0n) is 14.0. The van der Waals surface area contributed by atoms with E-state index in [1.807, 2.05) is 20.8 Å². The second kappa shape index (κ2) is 7.92. The summed E-state index contributed by atoms with van der Waals surface area (Å²) in [6, 6.07) is 5.16. The van der Waals surface area contributed by atoms with E-state index in [-0.39, 0.29) is 34.7 Å². The number of amides is 2. The van der Waals surface area contributed by atoms with Crippen LogP contribution in [0.4, 0.5) is 13.2 Å². The molecule has 0 bridgehead atoms. The predicted octanol–water partition coefficient (Wildman–Crippen LogP) is 3.68. The van der Waals surface area contributed by atoms with E-state index in [0.717, 1.165) is 0 Å². The van der Waals surface area contributed by atoms with E-state index in [4.69, 9.17) is 0 Å². The van der Waals surface area contributed by atoms with E-state index in [2.05, 4.69) is 5.32 Å². The number of halogens is 3. The summed E-state index contributed by atoms with van der Waals surface area (Å²) in [4.78, 5) is 25.7. The molecule has 0 unspecified atom stereocenters. The Kier molecular flexibility index (Phi) is 6.71. The van der Waals surface area contributed by atoms with Gasteiger partial charge in [0.25, 0.3) is 5.91 Å². The summed E-state index contributed by atoms with van der Waals surface area (Å²) in [6.45, 7) is 7.44. The average molecular weight is 362 g/mol. The van der Waals surface area contributed by atoms with Crippen LogP contribution in [0.1, 0.15) is 38.1 Å². The normalized spacial score (nSPS) is 12.0. The summed E-state index contributed by atoms with van der Waals surface area (Å²) < 4.78 is 36.9. The molecule has 0 aromatic heterocycles. The van der Waals surface area contributed by atoms with Gasteiger partial charge >= 0.3 is 5.51 Å². The van der Waals surface area contributed by atoms with Gasteiger partial charge in [-0.05, 0) is 63.7 Å². The number of nitrogens with zero attached hydrogens (tertiary/aromatic N) is 1. The number of thioether (sulfide) groups is 1. The van der Waals surface area contributed by atoms with Crippen LogP contribution < -0.4 is 5.32 Å². The second-order valence-corrected chi connectivity index (χ2v) is 7.33. The lowest BCUT2D eigenvalue weighted by Crippen LogP contribution is -2.47. The molecule has 0 saturated carbocycles. The van der Waals surface area contributed by atoms with Crippen LogP contribution >= 0.6 is 11.8 Å². The number of nitrogens with one attached hydrogen (secondary N) is 1. The van der Waals surface area contributed by atoms with Gasteiger partial charge in [0.2, 0.25) is 5.91 Å². The number of carbonyl (C=O) groups excluding carboxylic acids is 2. The Bertz CT molecular complexity index is 580. The molecular weight excluding hydrogens is 341 g/mol. The van der Waals surface area contributed by atoms with Crippen LogP contribution in [0, 0.1) is 0 Å². The molecule has 1 rings (SSSR count). The molecule has 0 fully saturated rings. The summed E-state index contributed by atoms with van der Waals surface area (Å²) in [5.74, 6) is -0.688. The molecule has 8 heteroatoms. The van der Waals surface area contributed by atoms with E-state index in [1.54, 1.807) is 6.92 Å². The molecule has 1 N–H and O–H groups in total. The Labute approximate surface area is 143 Å². The molecule has 0 aliphatic heterocycles. The Hall–Kier alpha value is -1.70. The average Bonchev–Trinajstić information content (AvgIpc) is 2.41. The molecule has 0 aliphatic carbocycles. The fourth-order valence-corrected chi connectivity index (χ4v) is 2.48. The van der Waals surface area contributed by atoms with Gasteiger partial charge in [-0.1, -0.05) is 0 Å². The highest BCUT2D eigenvalue weighted by Crippen LogP contribution is 2.36. The SMILES string of the molecule is CCN(CC(=O)NC(C)(C)C)C(=O)c1ccc(SC(F)(F)F)cc1. The number of alkyl halides is 3. The first-order chi connectivity index (χ1) is 10.9. The number of likely N-dealkylation sites (N-methyl/N-ethyl adjacent to an activating group) is 1. The second-order valence-electron chi connectivity index (χ2n) is 6.19. The quantitative estimate of drug-likeness (QED) is 0.813. The van der Waals surface area contributed by atoms with Gasteiger partial charge in [0, 0.05) is 22.5 Å². The van der Waals surface area contributed by atoms with Gasteiger partial charge in [0.15, 0.2) is 0 Å². The van der Waals surface area contributed by atoms with Crippen LogP contribution in [0.5, 0.6) is 0 Å². The lowest BCUT2D eigenvalue weighted by Gasteiger charge is -2.25. The molecular formula is C16H21F3N2O2S. The highest BCUT2D eigenvalue weighted by Gasteiger charge is 2.29. The van der Waals surface area contributed by atoms with E-state index >= 15 is 0 Å². The van der Waals surface area contributed by atoms with Crippen molar-refractivity contribution in [1.82, 2.24) is 10.2 Å². The van der Waals surface area contributed by atoms with Crippen LogP contribution in [0.25, 0.3) is 0 Å². The lowest BCUT2D eigenvalue weighted by atomic mass is 10.1. The molecule has 4 nitrogen and oxygen atoms in total. The van der Waals surface area contributed by atoms with Gasteiger partial charge in [-0.2, -0.15) is 13.2 Å². The Morgan fingerprint density at radius 3 is 2.08 bits per heavy atom. The minimum Gasteiger partial charge on any atom is -0.350 e. The number of rotatable bonds is 5. The van der Waals surface area contributed by atoms with Crippen molar-refractivity contribution in [3.63, 3.8) is 0 Å². The molecule has 0 saturated heterocycles. The van der Waals surface area contributed by atoms with E-state index in [1.165, 1.54) is 29.2 Å². The largest absolute Gasteiger partial charge is 0.446 e. The molecule has 134 valence electrons. The standard InChI is InChI=1S/C16H21F3N2O2S/c1-5-21(10-13(22)20-15(2,3)4)14(23)11-6-8-12(9-7-11)24-16(17,18)19/h6-9H,5,10H2,1-4H3,(H,20,22). The Balaban J connectivity index is 2.77. The summed E-state index contributed by atoms with van der Waals surface area (Å²) >= 11 is -0.237. The third kappa shape index (κ3) is 7.25. The first-order valence-corrected chi connectivity index (χ1v) is 8.19. The molecule has 1 aromatic carbocycles. The van der Waals surface area contributed by atoms with E-state index < -0.39 is 17.0 Å². The molecule has 0 atom stereocenters. The monoisotopic (exact) mass is 362 g/mol. The van der Waals surface area contributed by atoms with Crippen LogP contribution in [0.3, 0.4) is 0 Å². The predicted molar refractivity (Wildman–Crippen MR) is 87.8 cm³/mol. The number of hydrogen-bond acceptors (Lipinski definition) is 3. The molecule has 24 heavy (non-hydrogen) atoms. The van der Waals surface area contributed by atoms with Crippen LogP contribution in [0.15, 0.2) is 29.2 Å². The van der Waals surface area contributed by atoms with Gasteiger partial charge in [-0.25, -0.2) is 0 Å². The van der Waals surface area contributed by atoms with Crippen LogP contribution in [-0.2, 0) is 4.79 Å². The van der Waals surface area contributed by atoms with Crippen molar-refractivity contribution in [3.8, 4) is 0 Å². The minimum absolute atomic E-state index is 0.00701. The maximum absolute atomic E-state index is 12.4. The summed E-state index contributed by atoms with van der Waals surface area (Å²) in [5.41, 5.74) is -4.53. The third-order valence-electron chi connectivity index (χ3n) is 2.85. The van der Waals surface area contributed by atoms with Crippen LogP contribution in [-0.4, -0.2) is 40.9 Å². The third-order valence-corrected chi connectivity index (χ3v) is 3.59. The van der Waals surface area contributed by atoms with Gasteiger partial charge in [0.05, 0.1) is 6.54 Å². The highest BCUT2D eigenvalue weighted by molar-refractivity contribution is 8.00. The van der Waals surface area contributed by atoms with Gasteiger partial charge < -0.3 is 10.2 Å². The van der Waals surface area contributed by atoms with Crippen molar-refractivity contribution >= 4 is 23.6 Å². The Morgan fingerprint density at radius 2 is 1.67 bits per heavy atom. The number of hydrogen-bond donors (Lipinski definition) is 1. The summed E-state index contributed by atoms with van der Waals surface area (Å²) in [5, 5.41) is 2.76. The van der Waals surface area contributed by atoms with Gasteiger partial charge in [0.1, 0.15) is 0 Å². The molecule has 2 amide bonds. The van der Waals surface area contributed by atoms with E-state index in [0.29, 0.717) is 6.54 Å². The molecule has 0 radical (unpaired) electrons. The summed E-state index contributed by atoms with van der Waals surface area (Å²) in [7, 11) is 0. The van der Waals surface area contributed by atoms with Crippen molar-refractivity contribution in [2.75, 3.05) is 13.1 Å². The first kappa shape index (κ1) is 20.3. The summed E-state index contributed by atoms with van der Waals surface area (Å²) in [6.07, 6.45) is 0. The van der Waals surface area contributed by atoms with Gasteiger partial charge in [-0.3, -0.25) is 9.59 Å². The molecule has 0 spiro atoms. The maximum atomic E-state index is 12.4. The highest BCUT2D eigenvalue weighted by atomic mass is 32.2. The smallest absolute Gasteiger partial charge is 0.350 e. The zero-order chi connectivity index (χ0) is 18.5. The zero-order valence-corrected chi connectivity index (χ0v) is 14.8. The van der Waals surface area contributed by atoms with Crippen molar-refractivity contribution in [2.45, 2.75) is 43.6 Å². The first-order valence-electron chi connectivity index (χ1n) is 7.37. The number of carbonyl (C=O) groups is 2. The van der Waals surface area contributed by atoms with Crippen LogP contribution in [0.2, 0.25) is 0 Å². The van der Waals surface area contributed by atoms with Crippen molar-refractivity contribution in [2.24, 2.45) is 0 Å². The van der Waals surface area contributed by atoms with Crippen molar-refractivity contribution < 1.29 is 22.8 Å². The van der Waals surface area contributed by atoms with Gasteiger partial charge in [-0.15, -0.1) is 0 Å². The number of benzene rings is 1. The fraction of sp³-hybridized carbons (Fsp3) is 0.500. The maximum Gasteiger partial charge on any atom is 0.446 e. The Morgan fingerprint density at radius 1 is 1.12 bits per heavy atom. The molecule has 0 heterocycles. The lowest BCUT2D eigenvalue weighted by molar-refractivity contribution is -0.123. The molecule has 1 aromatic rings.